The van der Waals surface area contributed by atoms with Gasteiger partial charge in [0.05, 0.1) is 0 Å². The predicted molar refractivity (Wildman–Crippen MR) is 57.6 cm³/mol. The van der Waals surface area contributed by atoms with Crippen LogP contribution in [0.25, 0.3) is 0 Å². The fourth-order valence-electron chi connectivity index (χ4n) is 1.47. The van der Waals surface area contributed by atoms with E-state index in [0.717, 1.165) is 4.90 Å². The lowest BCUT2D eigenvalue weighted by Gasteiger charge is -2.11. The maximum Gasteiger partial charge on any atom is 0.322 e. The Morgan fingerprint density at radius 1 is 1.33 bits per heavy atom. The van der Waals surface area contributed by atoms with Crippen LogP contribution in [0.4, 0.5) is 0 Å². The van der Waals surface area contributed by atoms with E-state index >= 15 is 0 Å². The Labute approximate surface area is 92.4 Å². The summed E-state index contributed by atoms with van der Waals surface area (Å²) in [7, 11) is 0. The van der Waals surface area contributed by atoms with Gasteiger partial charge in [0.2, 0.25) is 0 Å². The number of carbonyl (C=O) groups is 1. The van der Waals surface area contributed by atoms with Gasteiger partial charge in [0.25, 0.3) is 0 Å². The second kappa shape index (κ2) is 4.24. The molecular weight excluding hydrogens is 212 g/mol. The van der Waals surface area contributed by atoms with Gasteiger partial charge in [0, 0.05) is 4.90 Å². The molecule has 3 atom stereocenters. The molecule has 1 aliphatic rings. The third-order valence-corrected chi connectivity index (χ3v) is 3.60. The zero-order chi connectivity index (χ0) is 10.8. The maximum atomic E-state index is 11.4. The van der Waals surface area contributed by atoms with Crippen molar-refractivity contribution in [1.29, 1.82) is 0 Å². The second-order valence-corrected chi connectivity index (χ2v) is 4.70. The Bertz CT molecular complexity index is 352. The second-order valence-electron chi connectivity index (χ2n) is 3.48. The fraction of sp³-hybridized carbons (Fsp3) is 0.364. The average molecular weight is 224 g/mol. The molecule has 1 N–H and O–H groups in total. The molecule has 0 unspecified atom stereocenters. The van der Waals surface area contributed by atoms with Gasteiger partial charge in [0.15, 0.2) is 0 Å². The molecule has 1 saturated heterocycles. The first-order valence-electron chi connectivity index (χ1n) is 4.79. The van der Waals surface area contributed by atoms with Gasteiger partial charge in [-0.2, -0.15) is 0 Å². The molecule has 3 nitrogen and oxygen atoms in total. The summed E-state index contributed by atoms with van der Waals surface area (Å²) in [5, 5.41) is 9.22. The van der Waals surface area contributed by atoms with Crippen molar-refractivity contribution in [3.8, 4) is 0 Å². The Balaban J connectivity index is 2.09. The van der Waals surface area contributed by atoms with Crippen LogP contribution in [-0.4, -0.2) is 28.5 Å². The number of ether oxygens (including phenoxy) is 1. The fourth-order valence-corrected chi connectivity index (χ4v) is 2.59. The molecule has 0 aliphatic carbocycles. The summed E-state index contributed by atoms with van der Waals surface area (Å²) in [4.78, 5) is 12.4. The summed E-state index contributed by atoms with van der Waals surface area (Å²) in [6.45, 7) is 1.70. The summed E-state index contributed by atoms with van der Waals surface area (Å²) in [6, 6.07) is 9.54. The highest BCUT2D eigenvalue weighted by Crippen LogP contribution is 2.32. The van der Waals surface area contributed by atoms with Crippen molar-refractivity contribution in [2.45, 2.75) is 29.3 Å². The molecule has 1 heterocycles. The van der Waals surface area contributed by atoms with E-state index in [0.29, 0.717) is 0 Å². The molecule has 1 fully saturated rings. The maximum absolute atomic E-state index is 11.4. The van der Waals surface area contributed by atoms with Gasteiger partial charge in [0.1, 0.15) is 17.5 Å². The lowest BCUT2D eigenvalue weighted by atomic mass is 10.2. The lowest BCUT2D eigenvalue weighted by Crippen LogP contribution is -2.26. The minimum Gasteiger partial charge on any atom is -0.459 e. The van der Waals surface area contributed by atoms with Gasteiger partial charge in [-0.3, -0.25) is 4.79 Å². The number of hydrogen-bond acceptors (Lipinski definition) is 4. The van der Waals surface area contributed by atoms with Crippen LogP contribution in [0.5, 0.6) is 0 Å². The van der Waals surface area contributed by atoms with E-state index in [-0.39, 0.29) is 5.97 Å². The normalized spacial score (nSPS) is 30.3. The smallest absolute Gasteiger partial charge is 0.322 e. The molecule has 4 heteroatoms. The molecule has 1 aliphatic heterocycles. The third-order valence-electron chi connectivity index (χ3n) is 2.33. The predicted octanol–water partition coefficient (Wildman–Crippen LogP) is 1.45. The Kier molecular flexibility index (Phi) is 2.98. The van der Waals surface area contributed by atoms with E-state index in [9.17, 15) is 9.90 Å². The van der Waals surface area contributed by atoms with Crippen LogP contribution in [0.2, 0.25) is 0 Å². The van der Waals surface area contributed by atoms with E-state index in [4.69, 9.17) is 4.74 Å². The van der Waals surface area contributed by atoms with Crippen LogP contribution >= 0.6 is 11.8 Å². The quantitative estimate of drug-likeness (QED) is 0.772. The van der Waals surface area contributed by atoms with Crippen molar-refractivity contribution in [1.82, 2.24) is 0 Å². The van der Waals surface area contributed by atoms with Crippen LogP contribution in [-0.2, 0) is 9.53 Å². The SMILES string of the molecule is C[C@@H]1OC(=O)[C@H](Sc2ccccc2)[C@@H]1O. The molecule has 0 amide bonds. The van der Waals surface area contributed by atoms with Crippen molar-refractivity contribution in [3.63, 3.8) is 0 Å². The Morgan fingerprint density at radius 3 is 2.53 bits per heavy atom. The highest BCUT2D eigenvalue weighted by Gasteiger charge is 2.41. The van der Waals surface area contributed by atoms with Crippen molar-refractivity contribution in [3.05, 3.63) is 30.3 Å². The number of carbonyl (C=O) groups excluding carboxylic acids is 1. The summed E-state index contributed by atoms with van der Waals surface area (Å²) in [5.41, 5.74) is 0. The van der Waals surface area contributed by atoms with Gasteiger partial charge >= 0.3 is 5.97 Å². The largest absolute Gasteiger partial charge is 0.459 e. The first-order valence-corrected chi connectivity index (χ1v) is 5.67. The molecule has 0 radical (unpaired) electrons. The van der Waals surface area contributed by atoms with E-state index in [1.54, 1.807) is 6.92 Å². The van der Waals surface area contributed by atoms with Gasteiger partial charge in [-0.1, -0.05) is 18.2 Å². The number of benzene rings is 1. The molecule has 15 heavy (non-hydrogen) atoms. The van der Waals surface area contributed by atoms with Gasteiger partial charge in [-0.05, 0) is 19.1 Å². The molecule has 0 bridgehead atoms. The average Bonchev–Trinajstić information content (AvgIpc) is 2.47. The summed E-state index contributed by atoms with van der Waals surface area (Å²) >= 11 is 1.35. The van der Waals surface area contributed by atoms with Crippen molar-refractivity contribution >= 4 is 17.7 Å². The highest BCUT2D eigenvalue weighted by molar-refractivity contribution is 8.00. The van der Waals surface area contributed by atoms with Crippen LogP contribution in [0.3, 0.4) is 0 Å². The van der Waals surface area contributed by atoms with E-state index < -0.39 is 17.5 Å². The number of hydrogen-bond donors (Lipinski definition) is 1. The van der Waals surface area contributed by atoms with E-state index in [2.05, 4.69) is 0 Å². The molecule has 1 aromatic carbocycles. The van der Waals surface area contributed by atoms with E-state index in [1.165, 1.54) is 11.8 Å². The van der Waals surface area contributed by atoms with Crippen LogP contribution in [0, 0.1) is 0 Å². The summed E-state index contributed by atoms with van der Waals surface area (Å²) in [6.07, 6.45) is -1.12. The minimum atomic E-state index is -0.720. The third kappa shape index (κ3) is 2.16. The number of aliphatic hydroxyl groups excluding tert-OH is 1. The topological polar surface area (TPSA) is 46.5 Å². The molecule has 1 aromatic rings. The first kappa shape index (κ1) is 10.5. The number of thioether (sulfide) groups is 1. The molecule has 2 rings (SSSR count). The van der Waals surface area contributed by atoms with Gasteiger partial charge in [-0.25, -0.2) is 0 Å². The standard InChI is InChI=1S/C11H12O3S/c1-7-9(12)10(11(13)14-7)15-8-5-3-2-4-6-8/h2-7,9-10,12H,1H3/t7-,9+,10+/m0/s1. The van der Waals surface area contributed by atoms with Crippen molar-refractivity contribution in [2.75, 3.05) is 0 Å². The summed E-state index contributed by atoms with van der Waals surface area (Å²) < 4.78 is 4.95. The number of esters is 1. The monoisotopic (exact) mass is 224 g/mol. The lowest BCUT2D eigenvalue weighted by molar-refractivity contribution is -0.140. The molecule has 80 valence electrons. The first-order chi connectivity index (χ1) is 7.18. The molecule has 0 spiro atoms. The molecular formula is C11H12O3S. The van der Waals surface area contributed by atoms with Crippen molar-refractivity contribution in [2.24, 2.45) is 0 Å². The van der Waals surface area contributed by atoms with Crippen LogP contribution < -0.4 is 0 Å². The number of rotatable bonds is 2. The van der Waals surface area contributed by atoms with Crippen LogP contribution in [0.15, 0.2) is 35.2 Å². The number of aliphatic hydroxyl groups is 1. The van der Waals surface area contributed by atoms with Gasteiger partial charge in [-0.15, -0.1) is 11.8 Å². The summed E-state index contributed by atoms with van der Waals surface area (Å²) in [5.74, 6) is -0.330. The molecule has 0 saturated carbocycles. The minimum absolute atomic E-state index is 0.330. The van der Waals surface area contributed by atoms with Gasteiger partial charge < -0.3 is 9.84 Å². The Morgan fingerprint density at radius 2 is 2.00 bits per heavy atom. The highest BCUT2D eigenvalue weighted by atomic mass is 32.2. The van der Waals surface area contributed by atoms with Crippen LogP contribution in [0.1, 0.15) is 6.92 Å². The zero-order valence-electron chi connectivity index (χ0n) is 8.29. The zero-order valence-corrected chi connectivity index (χ0v) is 9.11. The number of cyclic esters (lactones) is 1. The van der Waals surface area contributed by atoms with E-state index in [1.807, 2.05) is 30.3 Å². The Hall–Kier alpha value is -1.00. The van der Waals surface area contributed by atoms with Crippen molar-refractivity contribution < 1.29 is 14.6 Å². The molecule has 0 aromatic heterocycles.